The fourth-order valence-corrected chi connectivity index (χ4v) is 2.96. The van der Waals surface area contributed by atoms with Gasteiger partial charge in [-0.3, -0.25) is 4.90 Å². The highest BCUT2D eigenvalue weighted by molar-refractivity contribution is 5.56. The Morgan fingerprint density at radius 1 is 1.16 bits per heavy atom. The molecule has 4 nitrogen and oxygen atoms in total. The molecule has 0 aliphatic carbocycles. The Hall–Kier alpha value is -1.10. The average Bonchev–Trinajstić information content (AvgIpc) is 2.45. The second-order valence-corrected chi connectivity index (χ2v) is 5.39. The summed E-state index contributed by atoms with van der Waals surface area (Å²) >= 11 is 0. The predicted octanol–water partition coefficient (Wildman–Crippen LogP) is 0.742. The fourth-order valence-electron chi connectivity index (χ4n) is 2.96. The Labute approximate surface area is 114 Å². The minimum Gasteiger partial charge on any atom is -0.391 e. The second-order valence-electron chi connectivity index (χ2n) is 5.39. The van der Waals surface area contributed by atoms with Crippen LogP contribution in [0.1, 0.15) is 5.56 Å². The SMILES string of the molecule is OC1Cc2ccccc2N(CCN2CCOCC2)C1. The van der Waals surface area contributed by atoms with Crippen molar-refractivity contribution in [2.45, 2.75) is 12.5 Å². The molecule has 1 fully saturated rings. The third kappa shape index (κ3) is 3.08. The molecule has 19 heavy (non-hydrogen) atoms. The third-order valence-electron chi connectivity index (χ3n) is 4.01. The molecule has 0 amide bonds. The summed E-state index contributed by atoms with van der Waals surface area (Å²) in [5, 5.41) is 9.99. The van der Waals surface area contributed by atoms with Gasteiger partial charge in [0.15, 0.2) is 0 Å². The molecule has 0 bridgehead atoms. The van der Waals surface area contributed by atoms with Crippen LogP contribution in [-0.2, 0) is 11.2 Å². The Bertz CT molecular complexity index is 418. The van der Waals surface area contributed by atoms with Crippen molar-refractivity contribution in [3.8, 4) is 0 Å². The largest absolute Gasteiger partial charge is 0.391 e. The molecular formula is C15H22N2O2. The van der Waals surface area contributed by atoms with E-state index in [9.17, 15) is 5.11 Å². The van der Waals surface area contributed by atoms with Crippen molar-refractivity contribution in [2.75, 3.05) is 50.8 Å². The molecule has 2 aliphatic rings. The highest BCUT2D eigenvalue weighted by atomic mass is 16.5. The van der Waals surface area contributed by atoms with Crippen LogP contribution in [-0.4, -0.2) is 62.0 Å². The van der Waals surface area contributed by atoms with Crippen LogP contribution in [0.2, 0.25) is 0 Å². The first kappa shape index (κ1) is 12.9. The van der Waals surface area contributed by atoms with Crippen LogP contribution < -0.4 is 4.90 Å². The molecule has 0 aromatic heterocycles. The van der Waals surface area contributed by atoms with Gasteiger partial charge in [0, 0.05) is 44.8 Å². The first-order chi connectivity index (χ1) is 9.33. The first-order valence-corrected chi connectivity index (χ1v) is 7.14. The maximum Gasteiger partial charge on any atom is 0.0756 e. The van der Waals surface area contributed by atoms with E-state index in [4.69, 9.17) is 4.74 Å². The van der Waals surface area contributed by atoms with E-state index in [1.807, 2.05) is 0 Å². The van der Waals surface area contributed by atoms with Crippen LogP contribution in [0.3, 0.4) is 0 Å². The molecule has 1 saturated heterocycles. The van der Waals surface area contributed by atoms with E-state index in [2.05, 4.69) is 34.1 Å². The molecule has 4 heteroatoms. The molecular weight excluding hydrogens is 240 g/mol. The monoisotopic (exact) mass is 262 g/mol. The van der Waals surface area contributed by atoms with E-state index >= 15 is 0 Å². The van der Waals surface area contributed by atoms with Gasteiger partial charge in [0.1, 0.15) is 0 Å². The zero-order valence-corrected chi connectivity index (χ0v) is 11.3. The Morgan fingerprint density at radius 2 is 1.95 bits per heavy atom. The number of hydrogen-bond acceptors (Lipinski definition) is 4. The number of aliphatic hydroxyl groups excluding tert-OH is 1. The van der Waals surface area contributed by atoms with E-state index in [0.717, 1.165) is 52.4 Å². The number of nitrogens with zero attached hydrogens (tertiary/aromatic N) is 2. The molecule has 3 rings (SSSR count). The Kier molecular flexibility index (Phi) is 4.01. The van der Waals surface area contributed by atoms with Gasteiger partial charge in [-0.1, -0.05) is 18.2 Å². The van der Waals surface area contributed by atoms with E-state index < -0.39 is 0 Å². The molecule has 1 N–H and O–H groups in total. The van der Waals surface area contributed by atoms with E-state index in [-0.39, 0.29) is 6.10 Å². The van der Waals surface area contributed by atoms with Crippen LogP contribution in [0, 0.1) is 0 Å². The molecule has 104 valence electrons. The summed E-state index contributed by atoms with van der Waals surface area (Å²) in [4.78, 5) is 4.76. The minimum absolute atomic E-state index is 0.236. The summed E-state index contributed by atoms with van der Waals surface area (Å²) in [7, 11) is 0. The van der Waals surface area contributed by atoms with Crippen molar-refractivity contribution in [3.05, 3.63) is 29.8 Å². The maximum atomic E-state index is 9.99. The molecule has 2 aliphatic heterocycles. The van der Waals surface area contributed by atoms with Crippen LogP contribution in [0.25, 0.3) is 0 Å². The Balaban J connectivity index is 1.64. The number of anilines is 1. The number of morpholine rings is 1. The highest BCUT2D eigenvalue weighted by Gasteiger charge is 2.22. The van der Waals surface area contributed by atoms with Gasteiger partial charge in [0.05, 0.1) is 19.3 Å². The summed E-state index contributed by atoms with van der Waals surface area (Å²) in [5.74, 6) is 0. The molecule has 0 radical (unpaired) electrons. The average molecular weight is 262 g/mol. The number of ether oxygens (including phenoxy) is 1. The summed E-state index contributed by atoms with van der Waals surface area (Å²) in [6, 6.07) is 8.43. The summed E-state index contributed by atoms with van der Waals surface area (Å²) in [5.41, 5.74) is 2.56. The van der Waals surface area contributed by atoms with Crippen molar-refractivity contribution in [2.24, 2.45) is 0 Å². The van der Waals surface area contributed by atoms with Gasteiger partial charge < -0.3 is 14.7 Å². The van der Waals surface area contributed by atoms with Crippen LogP contribution >= 0.6 is 0 Å². The molecule has 1 unspecified atom stereocenters. The number of hydrogen-bond donors (Lipinski definition) is 1. The van der Waals surface area contributed by atoms with Gasteiger partial charge in [-0.2, -0.15) is 0 Å². The number of rotatable bonds is 3. The number of benzene rings is 1. The number of aliphatic hydroxyl groups is 1. The molecule has 1 aromatic carbocycles. The molecule has 1 atom stereocenters. The second kappa shape index (κ2) is 5.90. The smallest absolute Gasteiger partial charge is 0.0756 e. The maximum absolute atomic E-state index is 9.99. The minimum atomic E-state index is -0.236. The zero-order valence-electron chi connectivity index (χ0n) is 11.3. The Morgan fingerprint density at radius 3 is 2.79 bits per heavy atom. The van der Waals surface area contributed by atoms with Crippen LogP contribution in [0.5, 0.6) is 0 Å². The number of β-amino-alcohol motifs (C(OH)–C–C–N with tert-alkyl or cyclic N) is 1. The van der Waals surface area contributed by atoms with Crippen molar-refractivity contribution < 1.29 is 9.84 Å². The molecule has 0 spiro atoms. The van der Waals surface area contributed by atoms with Gasteiger partial charge in [-0.25, -0.2) is 0 Å². The fraction of sp³-hybridized carbons (Fsp3) is 0.600. The predicted molar refractivity (Wildman–Crippen MR) is 75.6 cm³/mol. The van der Waals surface area contributed by atoms with Gasteiger partial charge in [-0.15, -0.1) is 0 Å². The van der Waals surface area contributed by atoms with Gasteiger partial charge in [-0.05, 0) is 11.6 Å². The normalized spacial score (nSPS) is 24.3. The summed E-state index contributed by atoms with van der Waals surface area (Å²) in [6.07, 6.45) is 0.545. The van der Waals surface area contributed by atoms with Gasteiger partial charge in [0.2, 0.25) is 0 Å². The van der Waals surface area contributed by atoms with Crippen LogP contribution in [0.4, 0.5) is 5.69 Å². The molecule has 2 heterocycles. The van der Waals surface area contributed by atoms with E-state index in [0.29, 0.717) is 0 Å². The van der Waals surface area contributed by atoms with E-state index in [1.165, 1.54) is 11.3 Å². The number of fused-ring (bicyclic) bond motifs is 1. The van der Waals surface area contributed by atoms with Crippen molar-refractivity contribution >= 4 is 5.69 Å². The van der Waals surface area contributed by atoms with Gasteiger partial charge >= 0.3 is 0 Å². The lowest BCUT2D eigenvalue weighted by molar-refractivity contribution is 0.0388. The van der Waals surface area contributed by atoms with Crippen LogP contribution in [0.15, 0.2) is 24.3 Å². The van der Waals surface area contributed by atoms with Crippen molar-refractivity contribution in [3.63, 3.8) is 0 Å². The van der Waals surface area contributed by atoms with Crippen molar-refractivity contribution in [1.82, 2.24) is 4.90 Å². The van der Waals surface area contributed by atoms with E-state index in [1.54, 1.807) is 0 Å². The standard InChI is InChI=1S/C15H22N2O2/c18-14-11-13-3-1-2-4-15(13)17(12-14)6-5-16-7-9-19-10-8-16/h1-4,14,18H,5-12H2. The highest BCUT2D eigenvalue weighted by Crippen LogP contribution is 2.26. The quantitative estimate of drug-likeness (QED) is 0.872. The molecule has 0 saturated carbocycles. The summed E-state index contributed by atoms with van der Waals surface area (Å²) in [6.45, 7) is 6.52. The van der Waals surface area contributed by atoms with Crippen molar-refractivity contribution in [1.29, 1.82) is 0 Å². The third-order valence-corrected chi connectivity index (χ3v) is 4.01. The topological polar surface area (TPSA) is 35.9 Å². The zero-order chi connectivity index (χ0) is 13.1. The molecule has 1 aromatic rings. The number of para-hydroxylation sites is 1. The first-order valence-electron chi connectivity index (χ1n) is 7.14. The lowest BCUT2D eigenvalue weighted by Gasteiger charge is -2.36. The summed E-state index contributed by atoms with van der Waals surface area (Å²) < 4.78 is 5.37. The lowest BCUT2D eigenvalue weighted by Crippen LogP contribution is -2.45. The lowest BCUT2D eigenvalue weighted by atomic mass is 10.00. The van der Waals surface area contributed by atoms with Gasteiger partial charge in [0.25, 0.3) is 0 Å².